The van der Waals surface area contributed by atoms with Gasteiger partial charge in [-0.1, -0.05) is 43.7 Å². The van der Waals surface area contributed by atoms with Crippen LogP contribution in [0.15, 0.2) is 58.5 Å². The molecule has 0 aromatic heterocycles. The minimum atomic E-state index is -3.90. The number of nitrogens with zero attached hydrogens (tertiary/aromatic N) is 2. The third kappa shape index (κ3) is 6.75. The van der Waals surface area contributed by atoms with Crippen LogP contribution in [0.5, 0.6) is 0 Å². The van der Waals surface area contributed by atoms with E-state index in [0.29, 0.717) is 5.56 Å². The van der Waals surface area contributed by atoms with Crippen molar-refractivity contribution in [2.75, 3.05) is 0 Å². The van der Waals surface area contributed by atoms with Crippen LogP contribution in [0.1, 0.15) is 31.4 Å². The normalized spacial score (nSPS) is 12.8. The number of rotatable bonds is 9. The zero-order valence-electron chi connectivity index (χ0n) is 16.9. The first-order valence-corrected chi connectivity index (χ1v) is 10.7. The van der Waals surface area contributed by atoms with Gasteiger partial charge in [-0.15, -0.1) is 0 Å². The average Bonchev–Trinajstić information content (AvgIpc) is 2.67. The van der Waals surface area contributed by atoms with E-state index in [0.717, 1.165) is 5.56 Å². The summed E-state index contributed by atoms with van der Waals surface area (Å²) < 4.78 is 27.7. The molecule has 0 spiro atoms. The van der Waals surface area contributed by atoms with Gasteiger partial charge in [0.15, 0.2) is 0 Å². The number of hydrogen-bond acceptors (Lipinski definition) is 6. The lowest BCUT2D eigenvalue weighted by Gasteiger charge is -2.19. The quantitative estimate of drug-likeness (QED) is 0.357. The number of hydrogen-bond donors (Lipinski definition) is 2. The van der Waals surface area contributed by atoms with Crippen LogP contribution in [0.4, 0.5) is 5.69 Å². The highest BCUT2D eigenvalue weighted by atomic mass is 32.2. The molecule has 1 atom stereocenters. The first kappa shape index (κ1) is 23.2. The van der Waals surface area contributed by atoms with Crippen molar-refractivity contribution in [1.82, 2.24) is 10.1 Å². The first-order chi connectivity index (χ1) is 14.1. The van der Waals surface area contributed by atoms with E-state index in [1.807, 2.05) is 20.8 Å². The summed E-state index contributed by atoms with van der Waals surface area (Å²) in [5.41, 5.74) is 3.54. The van der Waals surface area contributed by atoms with E-state index < -0.39 is 26.9 Å². The molecule has 1 amide bonds. The molecular formula is C20H24N4O5S. The molecule has 2 aromatic carbocycles. The lowest BCUT2D eigenvalue weighted by molar-refractivity contribution is -0.384. The maximum Gasteiger partial charge on any atom is 0.270 e. The summed E-state index contributed by atoms with van der Waals surface area (Å²) >= 11 is 0. The number of nitrogens with one attached hydrogen (secondary N) is 2. The van der Waals surface area contributed by atoms with Crippen molar-refractivity contribution >= 4 is 27.8 Å². The predicted molar refractivity (Wildman–Crippen MR) is 114 cm³/mol. The number of nitro groups is 1. The predicted octanol–water partition coefficient (Wildman–Crippen LogP) is 2.75. The molecule has 2 N–H and O–H groups in total. The Morgan fingerprint density at radius 3 is 2.47 bits per heavy atom. The van der Waals surface area contributed by atoms with Gasteiger partial charge in [-0.3, -0.25) is 14.9 Å². The molecule has 9 nitrogen and oxygen atoms in total. The van der Waals surface area contributed by atoms with Crippen molar-refractivity contribution in [2.24, 2.45) is 11.0 Å². The van der Waals surface area contributed by atoms with Crippen LogP contribution in [0.25, 0.3) is 0 Å². The summed E-state index contributed by atoms with van der Waals surface area (Å²) in [5.74, 6) is -0.580. The maximum absolute atomic E-state index is 12.6. The topological polar surface area (TPSA) is 131 Å². The van der Waals surface area contributed by atoms with Crippen molar-refractivity contribution in [3.05, 3.63) is 69.8 Å². The van der Waals surface area contributed by atoms with E-state index in [2.05, 4.69) is 15.2 Å². The van der Waals surface area contributed by atoms with E-state index in [1.165, 1.54) is 36.5 Å². The van der Waals surface area contributed by atoms with Crippen molar-refractivity contribution in [2.45, 2.75) is 38.1 Å². The first-order valence-electron chi connectivity index (χ1n) is 9.25. The summed E-state index contributed by atoms with van der Waals surface area (Å²) in [4.78, 5) is 22.9. The molecule has 0 bridgehead atoms. The highest BCUT2D eigenvalue weighted by Crippen LogP contribution is 2.14. The molecule has 0 heterocycles. The van der Waals surface area contributed by atoms with Crippen LogP contribution in [0, 0.1) is 23.0 Å². The zero-order chi connectivity index (χ0) is 22.3. The van der Waals surface area contributed by atoms with Gasteiger partial charge in [0, 0.05) is 17.7 Å². The van der Waals surface area contributed by atoms with Gasteiger partial charge in [0.05, 0.1) is 16.0 Å². The molecule has 0 fully saturated rings. The Balaban J connectivity index is 2.12. The van der Waals surface area contributed by atoms with Crippen molar-refractivity contribution < 1.29 is 18.1 Å². The molecule has 0 aliphatic heterocycles. The lowest BCUT2D eigenvalue weighted by atomic mass is 10.0. The fourth-order valence-corrected chi connectivity index (χ4v) is 3.83. The number of non-ortho nitro benzene ring substituents is 1. The highest BCUT2D eigenvalue weighted by Gasteiger charge is 2.26. The number of benzene rings is 2. The number of nitro benzene ring substituents is 1. The fourth-order valence-electron chi connectivity index (χ4n) is 2.62. The Morgan fingerprint density at radius 1 is 1.20 bits per heavy atom. The molecule has 0 radical (unpaired) electrons. The molecular weight excluding hydrogens is 408 g/mol. The third-order valence-electron chi connectivity index (χ3n) is 4.12. The molecule has 0 saturated carbocycles. The van der Waals surface area contributed by atoms with Crippen molar-refractivity contribution in [3.8, 4) is 0 Å². The molecule has 10 heteroatoms. The molecule has 2 rings (SSSR count). The van der Waals surface area contributed by atoms with E-state index in [1.54, 1.807) is 18.2 Å². The number of sulfonamides is 1. The smallest absolute Gasteiger partial charge is 0.270 e. The van der Waals surface area contributed by atoms with Gasteiger partial charge in [0.2, 0.25) is 10.0 Å². The highest BCUT2D eigenvalue weighted by molar-refractivity contribution is 7.89. The van der Waals surface area contributed by atoms with Crippen LogP contribution in [0.3, 0.4) is 0 Å². The van der Waals surface area contributed by atoms with Gasteiger partial charge in [-0.05, 0) is 31.4 Å². The number of carbonyl (C=O) groups is 1. The lowest BCUT2D eigenvalue weighted by Crippen LogP contribution is -2.46. The van der Waals surface area contributed by atoms with Crippen molar-refractivity contribution in [1.29, 1.82) is 0 Å². The monoisotopic (exact) mass is 432 g/mol. The second-order valence-electron chi connectivity index (χ2n) is 7.20. The summed E-state index contributed by atoms with van der Waals surface area (Å²) in [6, 6.07) is 11.0. The van der Waals surface area contributed by atoms with Crippen LogP contribution in [0.2, 0.25) is 0 Å². The van der Waals surface area contributed by atoms with Crippen LogP contribution in [-0.4, -0.2) is 31.5 Å². The van der Waals surface area contributed by atoms with E-state index in [9.17, 15) is 23.3 Å². The van der Waals surface area contributed by atoms with Gasteiger partial charge in [-0.25, -0.2) is 13.8 Å². The molecule has 0 unspecified atom stereocenters. The second kappa shape index (κ2) is 10.1. The minimum absolute atomic E-state index is 0.0437. The third-order valence-corrected chi connectivity index (χ3v) is 5.61. The van der Waals surface area contributed by atoms with Gasteiger partial charge in [0.1, 0.15) is 6.04 Å². The molecule has 0 aliphatic carbocycles. The maximum atomic E-state index is 12.6. The van der Waals surface area contributed by atoms with Crippen LogP contribution >= 0.6 is 0 Å². The molecule has 160 valence electrons. The van der Waals surface area contributed by atoms with Crippen LogP contribution < -0.4 is 10.1 Å². The second-order valence-corrected chi connectivity index (χ2v) is 8.92. The summed E-state index contributed by atoms with van der Waals surface area (Å²) in [6.07, 6.45) is 1.52. The molecule has 0 saturated heterocycles. The van der Waals surface area contributed by atoms with Crippen molar-refractivity contribution in [3.63, 3.8) is 0 Å². The van der Waals surface area contributed by atoms with E-state index in [4.69, 9.17) is 0 Å². The van der Waals surface area contributed by atoms with Gasteiger partial charge in [0.25, 0.3) is 11.6 Å². The largest absolute Gasteiger partial charge is 0.271 e. The minimum Gasteiger partial charge on any atom is -0.271 e. The Bertz CT molecular complexity index is 1030. The van der Waals surface area contributed by atoms with E-state index in [-0.39, 0.29) is 22.9 Å². The Labute approximate surface area is 175 Å². The van der Waals surface area contributed by atoms with Gasteiger partial charge < -0.3 is 0 Å². The van der Waals surface area contributed by atoms with Crippen LogP contribution in [-0.2, 0) is 14.8 Å². The number of amides is 1. The SMILES string of the molecule is Cc1ccc(S(=O)(=O)N[C@@H](CC(C)C)C(=O)N/N=C\c2cccc([N+](=O)[O-])c2)cc1. The number of carbonyl (C=O) groups excluding carboxylic acids is 1. The average molecular weight is 433 g/mol. The van der Waals surface area contributed by atoms with E-state index >= 15 is 0 Å². The molecule has 2 aromatic rings. The van der Waals surface area contributed by atoms with Gasteiger partial charge >= 0.3 is 0 Å². The Hall–Kier alpha value is -3.11. The van der Waals surface area contributed by atoms with Gasteiger partial charge in [-0.2, -0.15) is 9.82 Å². The molecule has 30 heavy (non-hydrogen) atoms. The number of aryl methyl sites for hydroxylation is 1. The Kier molecular flexibility index (Phi) is 7.79. The zero-order valence-corrected chi connectivity index (χ0v) is 17.7. The molecule has 0 aliphatic rings. The summed E-state index contributed by atoms with van der Waals surface area (Å²) in [5, 5.41) is 14.6. The fraction of sp³-hybridized carbons (Fsp3) is 0.300. The summed E-state index contributed by atoms with van der Waals surface area (Å²) in [7, 11) is -3.90. The summed E-state index contributed by atoms with van der Waals surface area (Å²) in [6.45, 7) is 5.58. The standard InChI is InChI=1S/C20H24N4O5S/c1-14(2)11-19(23-30(28,29)18-9-7-15(3)8-10-18)20(25)22-21-13-16-5-4-6-17(12-16)24(26)27/h4-10,12-14,19,23H,11H2,1-3H3,(H,22,25)/b21-13-/t19-/m0/s1. The Morgan fingerprint density at radius 2 is 1.87 bits per heavy atom. The number of hydrazone groups is 1.